The Bertz CT molecular complexity index is 344. The van der Waals surface area contributed by atoms with Gasteiger partial charge in [-0.1, -0.05) is 27.2 Å². The fourth-order valence-electron chi connectivity index (χ4n) is 2.79. The van der Waals surface area contributed by atoms with Crippen LogP contribution in [0.15, 0.2) is 0 Å². The topological polar surface area (TPSA) is 58.6 Å². The maximum atomic E-state index is 12.7. The van der Waals surface area contributed by atoms with Crippen LogP contribution in [0.5, 0.6) is 0 Å². The quantitative estimate of drug-likeness (QED) is 0.772. The average Bonchev–Trinajstić information content (AvgIpc) is 2.39. The van der Waals surface area contributed by atoms with Crippen molar-refractivity contribution in [1.82, 2.24) is 10.2 Å². The van der Waals surface area contributed by atoms with Gasteiger partial charge in [0.25, 0.3) is 0 Å². The van der Waals surface area contributed by atoms with Gasteiger partial charge in [0.15, 0.2) is 0 Å². The summed E-state index contributed by atoms with van der Waals surface area (Å²) in [6.07, 6.45) is 2.32. The molecule has 0 bridgehead atoms. The largest absolute Gasteiger partial charge is 0.385 e. The molecule has 3 unspecified atom stereocenters. The highest BCUT2D eigenvalue weighted by atomic mass is 16.5. The van der Waals surface area contributed by atoms with Crippen molar-refractivity contribution in [2.45, 2.75) is 65.1 Å². The summed E-state index contributed by atoms with van der Waals surface area (Å²) in [5.74, 6) is 0.127. The van der Waals surface area contributed by atoms with Gasteiger partial charge in [0.2, 0.25) is 11.8 Å². The van der Waals surface area contributed by atoms with Gasteiger partial charge in [0.1, 0.15) is 12.1 Å². The molecule has 0 aromatic rings. The van der Waals surface area contributed by atoms with E-state index in [0.29, 0.717) is 13.0 Å². The molecule has 1 aliphatic heterocycles. The molecule has 0 aromatic carbocycles. The van der Waals surface area contributed by atoms with Gasteiger partial charge in [-0.3, -0.25) is 9.59 Å². The zero-order valence-electron chi connectivity index (χ0n) is 13.3. The molecular weight excluding hydrogens is 256 g/mol. The molecule has 0 spiro atoms. The summed E-state index contributed by atoms with van der Waals surface area (Å²) >= 11 is 0. The zero-order valence-corrected chi connectivity index (χ0v) is 13.3. The molecule has 0 aliphatic carbocycles. The molecule has 5 heteroatoms. The summed E-state index contributed by atoms with van der Waals surface area (Å²) in [5.41, 5.74) is 0. The van der Waals surface area contributed by atoms with Crippen LogP contribution in [0.25, 0.3) is 0 Å². The van der Waals surface area contributed by atoms with E-state index in [1.807, 2.05) is 27.7 Å². The number of hydrogen-bond acceptors (Lipinski definition) is 3. The number of rotatable bonds is 7. The second kappa shape index (κ2) is 7.62. The van der Waals surface area contributed by atoms with Crippen LogP contribution < -0.4 is 5.32 Å². The minimum absolute atomic E-state index is 0.0141. The number of hydrogen-bond donors (Lipinski definition) is 1. The molecule has 1 N–H and O–H groups in total. The Morgan fingerprint density at radius 2 is 1.95 bits per heavy atom. The van der Waals surface area contributed by atoms with E-state index < -0.39 is 0 Å². The molecule has 1 fully saturated rings. The SMILES string of the molecule is CCCC1NC(=O)C(C(C)C)N(C(C)CCOC)C1=O. The maximum absolute atomic E-state index is 12.7. The molecule has 0 aromatic heterocycles. The first kappa shape index (κ1) is 17.0. The fourth-order valence-corrected chi connectivity index (χ4v) is 2.79. The van der Waals surface area contributed by atoms with Gasteiger partial charge < -0.3 is 15.0 Å². The van der Waals surface area contributed by atoms with Crippen molar-refractivity contribution in [3.63, 3.8) is 0 Å². The van der Waals surface area contributed by atoms with E-state index in [1.165, 1.54) is 0 Å². The van der Waals surface area contributed by atoms with E-state index in [4.69, 9.17) is 4.74 Å². The van der Waals surface area contributed by atoms with Gasteiger partial charge in [-0.25, -0.2) is 0 Å². The Morgan fingerprint density at radius 1 is 1.30 bits per heavy atom. The molecule has 3 atom stereocenters. The number of carbonyl (C=O) groups is 2. The van der Waals surface area contributed by atoms with Crippen LogP contribution in [0.3, 0.4) is 0 Å². The first-order valence-corrected chi connectivity index (χ1v) is 7.55. The minimum Gasteiger partial charge on any atom is -0.385 e. The lowest BCUT2D eigenvalue weighted by atomic mass is 9.93. The number of piperazine rings is 1. The lowest BCUT2D eigenvalue weighted by molar-refractivity contribution is -0.154. The summed E-state index contributed by atoms with van der Waals surface area (Å²) in [6, 6.07) is -0.727. The summed E-state index contributed by atoms with van der Waals surface area (Å²) in [7, 11) is 1.65. The number of ether oxygens (including phenoxy) is 1. The first-order chi connectivity index (χ1) is 9.43. The van der Waals surface area contributed by atoms with Gasteiger partial charge in [-0.2, -0.15) is 0 Å². The molecule has 1 saturated heterocycles. The van der Waals surface area contributed by atoms with E-state index >= 15 is 0 Å². The van der Waals surface area contributed by atoms with E-state index in [9.17, 15) is 9.59 Å². The summed E-state index contributed by atoms with van der Waals surface area (Å²) < 4.78 is 5.10. The molecule has 5 nitrogen and oxygen atoms in total. The van der Waals surface area contributed by atoms with Gasteiger partial charge in [0.05, 0.1) is 0 Å². The van der Waals surface area contributed by atoms with Crippen molar-refractivity contribution in [3.8, 4) is 0 Å². The van der Waals surface area contributed by atoms with Gasteiger partial charge in [0, 0.05) is 19.8 Å². The Balaban J connectivity index is 2.95. The second-order valence-electron chi connectivity index (χ2n) is 5.91. The maximum Gasteiger partial charge on any atom is 0.246 e. The van der Waals surface area contributed by atoms with Crippen LogP contribution in [0.1, 0.15) is 47.0 Å². The van der Waals surface area contributed by atoms with Gasteiger partial charge >= 0.3 is 0 Å². The minimum atomic E-state index is -0.373. The van der Waals surface area contributed by atoms with Crippen LogP contribution in [0.4, 0.5) is 0 Å². The molecular formula is C15H28N2O3. The fraction of sp³-hybridized carbons (Fsp3) is 0.867. The highest BCUT2D eigenvalue weighted by Crippen LogP contribution is 2.23. The highest BCUT2D eigenvalue weighted by molar-refractivity contribution is 5.97. The van der Waals surface area contributed by atoms with E-state index in [-0.39, 0.29) is 35.9 Å². The molecule has 2 amide bonds. The Kier molecular flexibility index (Phi) is 6.46. The molecule has 0 saturated carbocycles. The highest BCUT2D eigenvalue weighted by Gasteiger charge is 2.43. The molecule has 0 radical (unpaired) electrons. The zero-order chi connectivity index (χ0) is 15.3. The van der Waals surface area contributed by atoms with Crippen molar-refractivity contribution < 1.29 is 14.3 Å². The van der Waals surface area contributed by atoms with Crippen molar-refractivity contribution in [2.75, 3.05) is 13.7 Å². The number of carbonyl (C=O) groups excluding carboxylic acids is 2. The third kappa shape index (κ3) is 3.72. The van der Waals surface area contributed by atoms with E-state index in [2.05, 4.69) is 5.32 Å². The first-order valence-electron chi connectivity index (χ1n) is 7.55. The Labute approximate surface area is 122 Å². The number of amides is 2. The molecule has 20 heavy (non-hydrogen) atoms. The summed E-state index contributed by atoms with van der Waals surface area (Å²) in [6.45, 7) is 8.57. The summed E-state index contributed by atoms with van der Waals surface area (Å²) in [5, 5.41) is 2.88. The van der Waals surface area contributed by atoms with Crippen molar-refractivity contribution >= 4 is 11.8 Å². The van der Waals surface area contributed by atoms with Crippen LogP contribution in [-0.4, -0.2) is 48.6 Å². The van der Waals surface area contributed by atoms with Gasteiger partial charge in [-0.05, 0) is 25.7 Å². The lowest BCUT2D eigenvalue weighted by Gasteiger charge is -2.44. The van der Waals surface area contributed by atoms with Crippen molar-refractivity contribution in [1.29, 1.82) is 0 Å². The number of nitrogens with one attached hydrogen (secondary N) is 1. The van der Waals surface area contributed by atoms with Crippen molar-refractivity contribution in [3.05, 3.63) is 0 Å². The predicted octanol–water partition coefficient (Wildman–Crippen LogP) is 1.56. The second-order valence-corrected chi connectivity index (χ2v) is 5.91. The van der Waals surface area contributed by atoms with Crippen LogP contribution in [-0.2, 0) is 14.3 Å². The lowest BCUT2D eigenvalue weighted by Crippen LogP contribution is -2.66. The van der Waals surface area contributed by atoms with Crippen LogP contribution in [0, 0.1) is 5.92 Å². The predicted molar refractivity (Wildman–Crippen MR) is 78.3 cm³/mol. The monoisotopic (exact) mass is 284 g/mol. The van der Waals surface area contributed by atoms with E-state index in [0.717, 1.165) is 12.8 Å². The van der Waals surface area contributed by atoms with E-state index in [1.54, 1.807) is 12.0 Å². The summed E-state index contributed by atoms with van der Waals surface area (Å²) in [4.78, 5) is 26.8. The van der Waals surface area contributed by atoms with Crippen molar-refractivity contribution in [2.24, 2.45) is 5.92 Å². The Hall–Kier alpha value is -1.10. The molecule has 116 valence electrons. The number of nitrogens with zero attached hydrogens (tertiary/aromatic N) is 1. The normalized spacial score (nSPS) is 25.0. The van der Waals surface area contributed by atoms with Crippen LogP contribution in [0.2, 0.25) is 0 Å². The standard InChI is InChI=1S/C15H28N2O3/c1-6-7-12-15(19)17(11(4)8-9-20-5)13(10(2)3)14(18)16-12/h10-13H,6-9H2,1-5H3,(H,16,18). The third-order valence-corrected chi connectivity index (χ3v) is 3.86. The smallest absolute Gasteiger partial charge is 0.246 e. The molecule has 1 heterocycles. The number of methoxy groups -OCH3 is 1. The molecule has 1 rings (SSSR count). The van der Waals surface area contributed by atoms with Crippen LogP contribution >= 0.6 is 0 Å². The molecule has 1 aliphatic rings. The average molecular weight is 284 g/mol. The Morgan fingerprint density at radius 3 is 2.45 bits per heavy atom. The van der Waals surface area contributed by atoms with Gasteiger partial charge in [-0.15, -0.1) is 0 Å². The third-order valence-electron chi connectivity index (χ3n) is 3.86.